The SMILES string of the molecule is COc1ccc([C@@H](CNC(=O)CCC(=O)c2cc(C)sc2C)N2CCOCC2)cc1. The molecule has 1 atom stereocenters. The fourth-order valence-corrected chi connectivity index (χ4v) is 4.68. The zero-order valence-corrected chi connectivity index (χ0v) is 18.7. The van der Waals surface area contributed by atoms with Crippen LogP contribution in [0.4, 0.5) is 0 Å². The number of carbonyl (C=O) groups excluding carboxylic acids is 2. The number of hydrogen-bond donors (Lipinski definition) is 1. The maximum Gasteiger partial charge on any atom is 0.220 e. The lowest BCUT2D eigenvalue weighted by atomic mass is 10.0. The molecule has 1 aliphatic rings. The number of rotatable bonds is 9. The van der Waals surface area contributed by atoms with E-state index in [-0.39, 0.29) is 30.6 Å². The van der Waals surface area contributed by atoms with Crippen molar-refractivity contribution >= 4 is 23.0 Å². The van der Waals surface area contributed by atoms with Gasteiger partial charge >= 0.3 is 0 Å². The molecule has 2 heterocycles. The van der Waals surface area contributed by atoms with Crippen molar-refractivity contribution in [2.75, 3.05) is 40.0 Å². The van der Waals surface area contributed by atoms with Crippen LogP contribution in [0.5, 0.6) is 5.75 Å². The van der Waals surface area contributed by atoms with Crippen molar-refractivity contribution in [3.8, 4) is 5.75 Å². The highest BCUT2D eigenvalue weighted by Gasteiger charge is 2.23. The summed E-state index contributed by atoms with van der Waals surface area (Å²) in [6.45, 7) is 7.46. The van der Waals surface area contributed by atoms with Crippen LogP contribution < -0.4 is 10.1 Å². The number of morpholine rings is 1. The summed E-state index contributed by atoms with van der Waals surface area (Å²) in [5.41, 5.74) is 1.87. The molecule has 0 bridgehead atoms. The van der Waals surface area contributed by atoms with Gasteiger partial charge in [0.1, 0.15) is 5.75 Å². The molecule has 0 aliphatic carbocycles. The predicted molar refractivity (Wildman–Crippen MR) is 118 cm³/mol. The number of aryl methyl sites for hydroxylation is 2. The standard InChI is InChI=1S/C23H30N2O4S/c1-16-14-20(17(2)30-16)22(26)8-9-23(27)24-15-21(25-10-12-29-13-11-25)18-4-6-19(28-3)7-5-18/h4-7,14,21H,8-13,15H2,1-3H3,(H,24,27)/t21-/m1/s1. The molecule has 7 heteroatoms. The van der Waals surface area contributed by atoms with Crippen molar-refractivity contribution in [1.29, 1.82) is 0 Å². The topological polar surface area (TPSA) is 67.9 Å². The maximum absolute atomic E-state index is 12.5. The van der Waals surface area contributed by atoms with E-state index in [0.29, 0.717) is 19.8 Å². The van der Waals surface area contributed by atoms with E-state index in [2.05, 4.69) is 10.2 Å². The molecule has 1 saturated heterocycles. The van der Waals surface area contributed by atoms with Gasteiger partial charge in [-0.1, -0.05) is 12.1 Å². The highest BCUT2D eigenvalue weighted by molar-refractivity contribution is 7.12. The van der Waals surface area contributed by atoms with Crippen molar-refractivity contribution in [3.63, 3.8) is 0 Å². The summed E-state index contributed by atoms with van der Waals surface area (Å²) < 4.78 is 10.7. The normalized spacial score (nSPS) is 15.6. The van der Waals surface area contributed by atoms with E-state index in [1.807, 2.05) is 44.2 Å². The van der Waals surface area contributed by atoms with Crippen molar-refractivity contribution in [3.05, 3.63) is 51.2 Å². The first-order valence-corrected chi connectivity index (χ1v) is 11.1. The summed E-state index contributed by atoms with van der Waals surface area (Å²) in [6.07, 6.45) is 0.430. The first-order chi connectivity index (χ1) is 14.5. The fraction of sp³-hybridized carbons (Fsp3) is 0.478. The summed E-state index contributed by atoms with van der Waals surface area (Å²) in [4.78, 5) is 29.4. The van der Waals surface area contributed by atoms with Crippen LogP contribution >= 0.6 is 11.3 Å². The molecule has 1 fully saturated rings. The van der Waals surface area contributed by atoms with E-state index in [0.717, 1.165) is 39.7 Å². The van der Waals surface area contributed by atoms with Crippen LogP contribution in [0.25, 0.3) is 0 Å². The number of methoxy groups -OCH3 is 1. The van der Waals surface area contributed by atoms with Gasteiger partial charge in [-0.3, -0.25) is 14.5 Å². The number of thiophene rings is 1. The van der Waals surface area contributed by atoms with Gasteiger partial charge in [-0.15, -0.1) is 11.3 Å². The maximum atomic E-state index is 12.5. The molecule has 1 N–H and O–H groups in total. The van der Waals surface area contributed by atoms with Gasteiger partial charge in [0.15, 0.2) is 5.78 Å². The zero-order chi connectivity index (χ0) is 21.5. The lowest BCUT2D eigenvalue weighted by Gasteiger charge is -2.35. The Labute approximate surface area is 182 Å². The monoisotopic (exact) mass is 430 g/mol. The summed E-state index contributed by atoms with van der Waals surface area (Å²) >= 11 is 1.62. The average Bonchev–Trinajstić information content (AvgIpc) is 3.11. The van der Waals surface area contributed by atoms with Gasteiger partial charge in [0.2, 0.25) is 5.91 Å². The van der Waals surface area contributed by atoms with E-state index in [9.17, 15) is 9.59 Å². The Morgan fingerprint density at radius 3 is 2.47 bits per heavy atom. The number of amides is 1. The molecule has 1 amide bonds. The molecule has 0 radical (unpaired) electrons. The Kier molecular flexibility index (Phi) is 8.01. The van der Waals surface area contributed by atoms with Crippen LogP contribution in [0.3, 0.4) is 0 Å². The minimum absolute atomic E-state index is 0.0342. The van der Waals surface area contributed by atoms with Gasteiger partial charge in [-0.05, 0) is 37.6 Å². The number of hydrogen-bond acceptors (Lipinski definition) is 6. The molecule has 1 aliphatic heterocycles. The second-order valence-corrected chi connectivity index (χ2v) is 8.95. The van der Waals surface area contributed by atoms with Gasteiger partial charge in [0.05, 0.1) is 26.4 Å². The molecule has 30 heavy (non-hydrogen) atoms. The predicted octanol–water partition coefficient (Wildman–Crippen LogP) is 3.53. The van der Waals surface area contributed by atoms with Gasteiger partial charge in [-0.2, -0.15) is 0 Å². The number of Topliss-reactive ketones (excluding diaryl/α,β-unsaturated/α-hetero) is 1. The second-order valence-electron chi connectivity index (χ2n) is 7.49. The highest BCUT2D eigenvalue weighted by Crippen LogP contribution is 2.24. The lowest BCUT2D eigenvalue weighted by Crippen LogP contribution is -2.43. The van der Waals surface area contributed by atoms with E-state index in [1.165, 1.54) is 0 Å². The lowest BCUT2D eigenvalue weighted by molar-refractivity contribution is -0.121. The van der Waals surface area contributed by atoms with Gasteiger partial charge in [0, 0.05) is 47.8 Å². The smallest absolute Gasteiger partial charge is 0.220 e. The molecular formula is C23H30N2O4S. The van der Waals surface area contributed by atoms with Gasteiger partial charge < -0.3 is 14.8 Å². The van der Waals surface area contributed by atoms with Crippen molar-refractivity contribution < 1.29 is 19.1 Å². The Balaban J connectivity index is 1.57. The average molecular weight is 431 g/mol. The Bertz CT molecular complexity index is 857. The van der Waals surface area contributed by atoms with E-state index < -0.39 is 0 Å². The number of nitrogens with one attached hydrogen (secondary N) is 1. The van der Waals surface area contributed by atoms with Crippen LogP contribution in [0, 0.1) is 13.8 Å². The minimum Gasteiger partial charge on any atom is -0.497 e. The Morgan fingerprint density at radius 2 is 1.87 bits per heavy atom. The van der Waals surface area contributed by atoms with E-state index in [4.69, 9.17) is 9.47 Å². The summed E-state index contributed by atoms with van der Waals surface area (Å²) in [5.74, 6) is 0.743. The third kappa shape index (κ3) is 5.90. The molecule has 3 rings (SSSR count). The summed E-state index contributed by atoms with van der Waals surface area (Å²) in [5, 5.41) is 3.03. The molecule has 162 valence electrons. The summed E-state index contributed by atoms with van der Waals surface area (Å²) in [7, 11) is 1.65. The van der Waals surface area contributed by atoms with E-state index >= 15 is 0 Å². The molecular weight excluding hydrogens is 400 g/mol. The van der Waals surface area contributed by atoms with Crippen LogP contribution in [0.15, 0.2) is 30.3 Å². The number of benzene rings is 1. The van der Waals surface area contributed by atoms with Crippen LogP contribution in [-0.4, -0.2) is 56.5 Å². The van der Waals surface area contributed by atoms with Gasteiger partial charge in [0.25, 0.3) is 0 Å². The molecule has 0 saturated carbocycles. The summed E-state index contributed by atoms with van der Waals surface area (Å²) in [6, 6.07) is 9.93. The van der Waals surface area contributed by atoms with Crippen molar-refractivity contribution in [2.24, 2.45) is 0 Å². The molecule has 0 unspecified atom stereocenters. The number of carbonyl (C=O) groups is 2. The first-order valence-electron chi connectivity index (χ1n) is 10.3. The van der Waals surface area contributed by atoms with Crippen LogP contribution in [0.2, 0.25) is 0 Å². The number of ketones is 1. The second kappa shape index (κ2) is 10.7. The van der Waals surface area contributed by atoms with Crippen LogP contribution in [-0.2, 0) is 9.53 Å². The third-order valence-corrected chi connectivity index (χ3v) is 6.37. The first kappa shape index (κ1) is 22.5. The van der Waals surface area contributed by atoms with Gasteiger partial charge in [-0.25, -0.2) is 0 Å². The molecule has 0 spiro atoms. The Hall–Kier alpha value is -2.22. The minimum atomic E-state index is -0.0975. The molecule has 6 nitrogen and oxygen atoms in total. The van der Waals surface area contributed by atoms with E-state index in [1.54, 1.807) is 18.4 Å². The fourth-order valence-electron chi connectivity index (χ4n) is 3.74. The zero-order valence-electron chi connectivity index (χ0n) is 17.9. The quantitative estimate of drug-likeness (QED) is 0.617. The highest BCUT2D eigenvalue weighted by atomic mass is 32.1. The number of ether oxygens (including phenoxy) is 2. The molecule has 2 aromatic rings. The Morgan fingerprint density at radius 1 is 1.17 bits per heavy atom. The number of nitrogens with zero attached hydrogens (tertiary/aromatic N) is 1. The third-order valence-electron chi connectivity index (χ3n) is 5.40. The largest absolute Gasteiger partial charge is 0.497 e. The van der Waals surface area contributed by atoms with Crippen molar-refractivity contribution in [1.82, 2.24) is 10.2 Å². The molecule has 1 aromatic heterocycles. The van der Waals surface area contributed by atoms with Crippen molar-refractivity contribution in [2.45, 2.75) is 32.7 Å². The van der Waals surface area contributed by atoms with Crippen LogP contribution in [0.1, 0.15) is 44.6 Å². The molecule has 1 aromatic carbocycles.